The molecule has 2 saturated carbocycles. The average Bonchev–Trinajstić information content (AvgIpc) is 3.04. The normalized spacial score (nSPS) is 44.1. The van der Waals surface area contributed by atoms with Crippen molar-refractivity contribution in [3.63, 3.8) is 0 Å². The highest BCUT2D eigenvalue weighted by atomic mass is 16.3. The lowest BCUT2D eigenvalue weighted by Gasteiger charge is -2.60. The monoisotopic (exact) mass is 318 g/mol. The summed E-state index contributed by atoms with van der Waals surface area (Å²) in [7, 11) is 0. The number of hydrogen-bond acceptors (Lipinski definition) is 3. The number of carbonyl (C=O) groups is 1. The molecule has 3 nitrogen and oxygen atoms in total. The van der Waals surface area contributed by atoms with E-state index in [0.29, 0.717) is 18.3 Å². The molecule has 0 amide bonds. The van der Waals surface area contributed by atoms with Crippen LogP contribution >= 0.6 is 0 Å². The maximum Gasteiger partial charge on any atom is 0.164 e. The second kappa shape index (κ2) is 5.77. The SMILES string of the molecule is C[C@@H]1CC[C@@]2(C)[C@H](C[C@@H](O)C(=O)[C@H]2C)[C@@]1(C)CCc1ccoc1. The number of furan rings is 1. The maximum absolute atomic E-state index is 12.4. The van der Waals surface area contributed by atoms with E-state index in [2.05, 4.69) is 20.8 Å². The van der Waals surface area contributed by atoms with Gasteiger partial charge in [-0.15, -0.1) is 0 Å². The minimum atomic E-state index is -0.776. The van der Waals surface area contributed by atoms with Crippen LogP contribution in [0, 0.1) is 28.6 Å². The van der Waals surface area contributed by atoms with Gasteiger partial charge in [-0.05, 0) is 66.4 Å². The van der Waals surface area contributed by atoms with Crippen molar-refractivity contribution >= 4 is 5.78 Å². The van der Waals surface area contributed by atoms with Gasteiger partial charge in [-0.1, -0.05) is 27.7 Å². The molecule has 6 atom stereocenters. The predicted octanol–water partition coefficient (Wildman–Crippen LogP) is 4.24. The van der Waals surface area contributed by atoms with Gasteiger partial charge >= 0.3 is 0 Å². The number of rotatable bonds is 3. The summed E-state index contributed by atoms with van der Waals surface area (Å²) >= 11 is 0. The van der Waals surface area contributed by atoms with Crippen LogP contribution in [0.1, 0.15) is 58.9 Å². The van der Waals surface area contributed by atoms with Gasteiger partial charge in [0, 0.05) is 5.92 Å². The molecule has 0 unspecified atom stereocenters. The Bertz CT molecular complexity index is 563. The summed E-state index contributed by atoms with van der Waals surface area (Å²) in [4.78, 5) is 12.4. The largest absolute Gasteiger partial charge is 0.472 e. The highest BCUT2D eigenvalue weighted by Gasteiger charge is 2.58. The third-order valence-electron chi connectivity index (χ3n) is 7.57. The van der Waals surface area contributed by atoms with Gasteiger partial charge in [0.2, 0.25) is 0 Å². The van der Waals surface area contributed by atoms with Crippen LogP contribution < -0.4 is 0 Å². The minimum absolute atomic E-state index is 0.0218. The van der Waals surface area contributed by atoms with Crippen LogP contribution in [0.5, 0.6) is 0 Å². The number of aliphatic hydroxyl groups is 1. The molecule has 1 aromatic rings. The first-order valence-electron chi connectivity index (χ1n) is 9.02. The molecule has 1 N–H and O–H groups in total. The first kappa shape index (κ1) is 16.8. The average molecular weight is 318 g/mol. The lowest BCUT2D eigenvalue weighted by Crippen LogP contribution is -2.58. The van der Waals surface area contributed by atoms with Gasteiger partial charge in [-0.25, -0.2) is 0 Å². The zero-order valence-electron chi connectivity index (χ0n) is 14.8. The lowest BCUT2D eigenvalue weighted by atomic mass is 9.44. The first-order chi connectivity index (χ1) is 10.8. The van der Waals surface area contributed by atoms with Crippen molar-refractivity contribution in [3.05, 3.63) is 24.2 Å². The Hall–Kier alpha value is -1.09. The zero-order valence-corrected chi connectivity index (χ0v) is 14.8. The number of ketones is 1. The van der Waals surface area contributed by atoms with Crippen LogP contribution in [-0.4, -0.2) is 17.0 Å². The molecule has 1 aromatic heterocycles. The Morgan fingerprint density at radius 1 is 1.35 bits per heavy atom. The molecule has 0 radical (unpaired) electrons. The lowest BCUT2D eigenvalue weighted by molar-refractivity contribution is -0.164. The molecule has 3 rings (SSSR count). The number of fused-ring (bicyclic) bond motifs is 1. The standard InChI is InChI=1S/C20H30O3/c1-13-5-8-20(4)14(2)18(22)16(21)11-17(20)19(13,3)9-6-15-7-10-23-12-15/h7,10,12-14,16-17,21H,5-6,8-9,11H2,1-4H3/t13-,14-,16-,17-,19+,20-/m1/s1. The Balaban J connectivity index is 1.89. The summed E-state index contributed by atoms with van der Waals surface area (Å²) in [6.07, 6.45) is 7.77. The zero-order chi connectivity index (χ0) is 16.8. The number of Topliss-reactive ketones (excluding diaryl/α,β-unsaturated/α-hetero) is 1. The van der Waals surface area contributed by atoms with Crippen LogP contribution in [0.25, 0.3) is 0 Å². The van der Waals surface area contributed by atoms with Gasteiger partial charge in [-0.2, -0.15) is 0 Å². The van der Waals surface area contributed by atoms with E-state index in [1.54, 1.807) is 6.26 Å². The summed E-state index contributed by atoms with van der Waals surface area (Å²) in [5.41, 5.74) is 1.42. The van der Waals surface area contributed by atoms with E-state index in [1.807, 2.05) is 19.3 Å². The van der Waals surface area contributed by atoms with Gasteiger partial charge in [-0.3, -0.25) is 4.79 Å². The Morgan fingerprint density at radius 2 is 2.09 bits per heavy atom. The molecule has 128 valence electrons. The van der Waals surface area contributed by atoms with Gasteiger partial charge < -0.3 is 9.52 Å². The third kappa shape index (κ3) is 2.57. The van der Waals surface area contributed by atoms with Crippen molar-refractivity contribution in [1.29, 1.82) is 0 Å². The molecule has 2 fully saturated rings. The van der Waals surface area contributed by atoms with E-state index in [0.717, 1.165) is 19.3 Å². The molecule has 1 heterocycles. The first-order valence-corrected chi connectivity index (χ1v) is 9.02. The van der Waals surface area contributed by atoms with Crippen LogP contribution in [0.2, 0.25) is 0 Å². The molecule has 3 heteroatoms. The van der Waals surface area contributed by atoms with E-state index in [-0.39, 0.29) is 22.5 Å². The second-order valence-corrected chi connectivity index (χ2v) is 8.51. The van der Waals surface area contributed by atoms with Crippen molar-refractivity contribution in [2.75, 3.05) is 0 Å². The summed E-state index contributed by atoms with van der Waals surface area (Å²) in [5, 5.41) is 10.3. The van der Waals surface area contributed by atoms with Crippen molar-refractivity contribution in [2.45, 2.75) is 65.9 Å². The summed E-state index contributed by atoms with van der Waals surface area (Å²) in [6, 6.07) is 2.04. The maximum atomic E-state index is 12.4. The van der Waals surface area contributed by atoms with E-state index < -0.39 is 6.10 Å². The molecule has 0 spiro atoms. The van der Waals surface area contributed by atoms with E-state index >= 15 is 0 Å². The summed E-state index contributed by atoms with van der Waals surface area (Å²) < 4.78 is 5.20. The van der Waals surface area contributed by atoms with Crippen molar-refractivity contribution in [1.82, 2.24) is 0 Å². The fourth-order valence-electron chi connectivity index (χ4n) is 5.41. The fraction of sp³-hybridized carbons (Fsp3) is 0.750. The quantitative estimate of drug-likeness (QED) is 0.907. The topological polar surface area (TPSA) is 50.4 Å². The van der Waals surface area contributed by atoms with E-state index in [9.17, 15) is 9.90 Å². The number of carbonyl (C=O) groups excluding carboxylic acids is 1. The van der Waals surface area contributed by atoms with E-state index in [1.165, 1.54) is 12.0 Å². The van der Waals surface area contributed by atoms with Gasteiger partial charge in [0.15, 0.2) is 5.78 Å². The predicted molar refractivity (Wildman–Crippen MR) is 89.9 cm³/mol. The molecule has 0 bridgehead atoms. The highest BCUT2D eigenvalue weighted by Crippen LogP contribution is 2.62. The summed E-state index contributed by atoms with van der Waals surface area (Å²) in [5.74, 6) is 1.01. The molecule has 0 aromatic carbocycles. The van der Waals surface area contributed by atoms with Gasteiger partial charge in [0.25, 0.3) is 0 Å². The molecular weight excluding hydrogens is 288 g/mol. The number of aliphatic hydroxyl groups excluding tert-OH is 1. The van der Waals surface area contributed by atoms with Crippen LogP contribution in [0.15, 0.2) is 23.0 Å². The van der Waals surface area contributed by atoms with Crippen LogP contribution in [-0.2, 0) is 11.2 Å². The minimum Gasteiger partial charge on any atom is -0.472 e. The third-order valence-corrected chi connectivity index (χ3v) is 7.57. The Kier molecular flexibility index (Phi) is 4.20. The number of aryl methyl sites for hydroxylation is 1. The van der Waals surface area contributed by atoms with Crippen LogP contribution in [0.4, 0.5) is 0 Å². The smallest absolute Gasteiger partial charge is 0.164 e. The second-order valence-electron chi connectivity index (χ2n) is 8.51. The highest BCUT2D eigenvalue weighted by molar-refractivity contribution is 5.86. The Labute approximate surface area is 139 Å². The van der Waals surface area contributed by atoms with Crippen LogP contribution in [0.3, 0.4) is 0 Å². The molecule has 2 aliphatic carbocycles. The van der Waals surface area contributed by atoms with Crippen molar-refractivity contribution in [2.24, 2.45) is 28.6 Å². The molecule has 0 saturated heterocycles. The number of hydrogen-bond donors (Lipinski definition) is 1. The fourth-order valence-corrected chi connectivity index (χ4v) is 5.41. The van der Waals surface area contributed by atoms with E-state index in [4.69, 9.17) is 4.42 Å². The van der Waals surface area contributed by atoms with Gasteiger partial charge in [0.05, 0.1) is 12.5 Å². The summed E-state index contributed by atoms with van der Waals surface area (Å²) in [6.45, 7) is 9.05. The molecular formula is C20H30O3. The van der Waals surface area contributed by atoms with Crippen molar-refractivity contribution < 1.29 is 14.3 Å². The van der Waals surface area contributed by atoms with Crippen molar-refractivity contribution in [3.8, 4) is 0 Å². The molecule has 2 aliphatic rings. The molecule has 23 heavy (non-hydrogen) atoms. The molecule has 0 aliphatic heterocycles. The Morgan fingerprint density at radius 3 is 2.74 bits per heavy atom. The van der Waals surface area contributed by atoms with Gasteiger partial charge in [0.1, 0.15) is 6.10 Å².